The molecule has 1 heterocycles. The molecule has 0 amide bonds. The number of nitrogens with zero attached hydrogens (tertiary/aromatic N) is 3. The van der Waals surface area contributed by atoms with Gasteiger partial charge in [0.05, 0.1) is 19.2 Å². The van der Waals surface area contributed by atoms with Crippen LogP contribution >= 0.6 is 11.8 Å². The van der Waals surface area contributed by atoms with Gasteiger partial charge in [0.25, 0.3) is 0 Å². The fourth-order valence-corrected chi connectivity index (χ4v) is 7.32. The Labute approximate surface area is 231 Å². The highest BCUT2D eigenvalue weighted by Gasteiger charge is 2.52. The highest BCUT2D eigenvalue weighted by Crippen LogP contribution is 2.61. The van der Waals surface area contributed by atoms with Crippen LogP contribution in [0.4, 0.5) is 0 Å². The van der Waals surface area contributed by atoms with Crippen molar-refractivity contribution in [2.45, 2.75) is 83.8 Å². The van der Waals surface area contributed by atoms with E-state index >= 15 is 0 Å². The molecule has 38 heavy (non-hydrogen) atoms. The van der Waals surface area contributed by atoms with Gasteiger partial charge in [-0.05, 0) is 84.3 Å². The maximum atomic E-state index is 12.5. The average Bonchev–Trinajstić information content (AvgIpc) is 3.33. The number of hydrogen-bond donors (Lipinski definition) is 0. The van der Waals surface area contributed by atoms with Crippen molar-refractivity contribution in [3.8, 4) is 0 Å². The first-order valence-corrected chi connectivity index (χ1v) is 14.9. The van der Waals surface area contributed by atoms with Crippen LogP contribution in [0.25, 0.3) is 0 Å². The SMILES string of the molecule is C=C1CC[C@H]2C(C)(C)CCC[C@]2(C)C1C/C=C(/C=O)CC(=O)OCc1cn(Cc2ccc(SC)cc2)nn1. The lowest BCUT2D eigenvalue weighted by Crippen LogP contribution is -2.49. The van der Waals surface area contributed by atoms with E-state index in [9.17, 15) is 9.59 Å². The number of aromatic nitrogens is 3. The summed E-state index contributed by atoms with van der Waals surface area (Å²) in [6.07, 6.45) is 13.2. The van der Waals surface area contributed by atoms with E-state index in [4.69, 9.17) is 4.74 Å². The third-order valence-electron chi connectivity index (χ3n) is 8.91. The van der Waals surface area contributed by atoms with Gasteiger partial charge in [-0.25, -0.2) is 4.68 Å². The Morgan fingerprint density at radius 3 is 2.71 bits per heavy atom. The molecule has 2 fully saturated rings. The maximum Gasteiger partial charge on any atom is 0.310 e. The molecular weight excluding hydrogens is 494 g/mol. The number of thioether (sulfide) groups is 1. The molecule has 6 nitrogen and oxygen atoms in total. The van der Waals surface area contributed by atoms with Crippen LogP contribution in [0.15, 0.2) is 59.2 Å². The number of carbonyl (C=O) groups excluding carboxylic acids is 2. The second kappa shape index (κ2) is 12.0. The number of ether oxygens (including phenoxy) is 1. The van der Waals surface area contributed by atoms with E-state index in [0.717, 1.165) is 24.7 Å². The number of benzene rings is 1. The van der Waals surface area contributed by atoms with Gasteiger partial charge in [0, 0.05) is 4.90 Å². The molecule has 4 rings (SSSR count). The molecule has 204 valence electrons. The van der Waals surface area contributed by atoms with Gasteiger partial charge in [0.1, 0.15) is 18.6 Å². The Hall–Kier alpha value is -2.67. The van der Waals surface area contributed by atoms with Crippen LogP contribution in [-0.4, -0.2) is 33.5 Å². The third-order valence-corrected chi connectivity index (χ3v) is 9.65. The van der Waals surface area contributed by atoms with Gasteiger partial charge in [0.2, 0.25) is 0 Å². The van der Waals surface area contributed by atoms with E-state index in [1.165, 1.54) is 36.2 Å². The second-order valence-corrected chi connectivity index (χ2v) is 12.8. The number of hydrogen-bond acceptors (Lipinski definition) is 6. The summed E-state index contributed by atoms with van der Waals surface area (Å²) >= 11 is 1.70. The molecule has 0 N–H and O–H groups in total. The zero-order chi connectivity index (χ0) is 27.3. The van der Waals surface area contributed by atoms with Crippen LogP contribution in [0.3, 0.4) is 0 Å². The van der Waals surface area contributed by atoms with Gasteiger partial charge in [-0.15, -0.1) is 16.9 Å². The molecule has 0 aliphatic heterocycles. The summed E-state index contributed by atoms with van der Waals surface area (Å²) in [4.78, 5) is 25.6. The van der Waals surface area contributed by atoms with Crippen molar-refractivity contribution in [2.75, 3.05) is 6.26 Å². The number of esters is 1. The molecule has 1 unspecified atom stereocenters. The molecule has 1 aromatic carbocycles. The molecule has 2 aliphatic rings. The summed E-state index contributed by atoms with van der Waals surface area (Å²) in [6, 6.07) is 8.30. The second-order valence-electron chi connectivity index (χ2n) is 11.9. The minimum absolute atomic E-state index is 0.0324. The highest BCUT2D eigenvalue weighted by atomic mass is 32.2. The molecule has 2 aromatic rings. The fraction of sp³-hybridized carbons (Fsp3) is 0.548. The first-order valence-electron chi connectivity index (χ1n) is 13.6. The van der Waals surface area contributed by atoms with Crippen molar-refractivity contribution in [3.63, 3.8) is 0 Å². The zero-order valence-corrected chi connectivity index (χ0v) is 24.1. The molecule has 2 aliphatic carbocycles. The van der Waals surface area contributed by atoms with E-state index in [-0.39, 0.29) is 18.4 Å². The zero-order valence-electron chi connectivity index (χ0n) is 23.2. The Bertz CT molecular complexity index is 1180. The van der Waals surface area contributed by atoms with Crippen molar-refractivity contribution in [2.24, 2.45) is 22.7 Å². The van der Waals surface area contributed by atoms with E-state index in [1.807, 2.05) is 12.3 Å². The lowest BCUT2D eigenvalue weighted by Gasteiger charge is -2.58. The number of carbonyl (C=O) groups is 2. The van der Waals surface area contributed by atoms with Crippen molar-refractivity contribution in [1.29, 1.82) is 0 Å². The smallest absolute Gasteiger partial charge is 0.310 e. The monoisotopic (exact) mass is 535 g/mol. The molecule has 0 bridgehead atoms. The molecule has 0 saturated heterocycles. The summed E-state index contributed by atoms with van der Waals surface area (Å²) < 4.78 is 7.15. The number of rotatable bonds is 10. The quantitative estimate of drug-likeness (QED) is 0.110. The minimum Gasteiger partial charge on any atom is -0.459 e. The van der Waals surface area contributed by atoms with Crippen LogP contribution in [0.5, 0.6) is 0 Å². The molecular formula is C31H41N3O3S. The van der Waals surface area contributed by atoms with Crippen LogP contribution in [-0.2, 0) is 27.5 Å². The lowest BCUT2D eigenvalue weighted by atomic mass is 9.47. The standard InChI is InChI=1S/C31H41N3O3S/c1-22-7-14-28-30(2,3)15-6-16-31(28,4)27(22)13-10-24(20-35)17-29(36)37-21-25-19-34(33-32-25)18-23-8-11-26(38-5)12-9-23/h8-12,19-20,27-28H,1,6-7,13-18,21H2,2-5H3/b24-10+/t27?,28-,31+/m0/s1. The molecule has 7 heteroatoms. The fourth-order valence-electron chi connectivity index (χ4n) is 6.91. The first kappa shape index (κ1) is 28.3. The predicted molar refractivity (Wildman–Crippen MR) is 152 cm³/mol. The molecule has 3 atom stereocenters. The van der Waals surface area contributed by atoms with E-state index in [0.29, 0.717) is 35.1 Å². The highest BCUT2D eigenvalue weighted by molar-refractivity contribution is 7.98. The topological polar surface area (TPSA) is 74.1 Å². The molecule has 2 saturated carbocycles. The molecule has 0 radical (unpaired) electrons. The average molecular weight is 536 g/mol. The Morgan fingerprint density at radius 1 is 1.24 bits per heavy atom. The Kier molecular flexibility index (Phi) is 8.96. The summed E-state index contributed by atoms with van der Waals surface area (Å²) in [5.41, 5.74) is 3.97. The van der Waals surface area contributed by atoms with Crippen molar-refractivity contribution in [3.05, 3.63) is 65.5 Å². The van der Waals surface area contributed by atoms with Crippen LogP contribution < -0.4 is 0 Å². The van der Waals surface area contributed by atoms with Crippen molar-refractivity contribution in [1.82, 2.24) is 15.0 Å². The van der Waals surface area contributed by atoms with Crippen LogP contribution in [0, 0.1) is 22.7 Å². The molecule has 0 spiro atoms. The van der Waals surface area contributed by atoms with Gasteiger partial charge in [0.15, 0.2) is 0 Å². The van der Waals surface area contributed by atoms with Gasteiger partial charge in [-0.2, -0.15) is 0 Å². The maximum absolute atomic E-state index is 12.5. The summed E-state index contributed by atoms with van der Waals surface area (Å²) in [5.74, 6) is 0.551. The lowest BCUT2D eigenvalue weighted by molar-refractivity contribution is -0.144. The van der Waals surface area contributed by atoms with Crippen LogP contribution in [0.1, 0.15) is 77.0 Å². The number of aldehydes is 1. The van der Waals surface area contributed by atoms with Gasteiger partial charge < -0.3 is 4.74 Å². The third kappa shape index (κ3) is 6.48. The van der Waals surface area contributed by atoms with E-state index in [1.54, 1.807) is 22.6 Å². The predicted octanol–water partition coefficient (Wildman–Crippen LogP) is 6.80. The number of allylic oxidation sites excluding steroid dienone is 2. The summed E-state index contributed by atoms with van der Waals surface area (Å²) in [5, 5.41) is 8.26. The van der Waals surface area contributed by atoms with Gasteiger partial charge in [-0.3, -0.25) is 9.59 Å². The Morgan fingerprint density at radius 2 is 2.00 bits per heavy atom. The van der Waals surface area contributed by atoms with E-state index < -0.39 is 5.97 Å². The Balaban J connectivity index is 1.31. The first-order chi connectivity index (χ1) is 18.1. The normalized spacial score (nSPS) is 25.1. The number of fused-ring (bicyclic) bond motifs is 1. The van der Waals surface area contributed by atoms with Gasteiger partial charge in [-0.1, -0.05) is 62.8 Å². The largest absolute Gasteiger partial charge is 0.459 e. The van der Waals surface area contributed by atoms with Crippen molar-refractivity contribution >= 4 is 24.0 Å². The van der Waals surface area contributed by atoms with Crippen LogP contribution in [0.2, 0.25) is 0 Å². The van der Waals surface area contributed by atoms with Gasteiger partial charge >= 0.3 is 5.97 Å². The minimum atomic E-state index is -0.434. The van der Waals surface area contributed by atoms with E-state index in [2.05, 4.69) is 61.9 Å². The van der Waals surface area contributed by atoms with Crippen molar-refractivity contribution < 1.29 is 14.3 Å². The molecule has 1 aromatic heterocycles. The summed E-state index contributed by atoms with van der Waals surface area (Å²) in [7, 11) is 0. The summed E-state index contributed by atoms with van der Waals surface area (Å²) in [6.45, 7) is 12.3.